The number of halogens is 1. The SMILES string of the molecule is COc1cc(Cl)cc(CNCc2cscc2C)c1O. The summed E-state index contributed by atoms with van der Waals surface area (Å²) in [6.45, 7) is 3.40. The zero-order chi connectivity index (χ0) is 13.8. The van der Waals surface area contributed by atoms with Gasteiger partial charge in [0.25, 0.3) is 0 Å². The first-order valence-electron chi connectivity index (χ1n) is 5.89. The summed E-state index contributed by atoms with van der Waals surface area (Å²) in [4.78, 5) is 0. The number of hydrogen-bond acceptors (Lipinski definition) is 4. The Morgan fingerprint density at radius 3 is 2.63 bits per heavy atom. The Kier molecular flexibility index (Phi) is 4.69. The number of ether oxygens (including phenoxy) is 1. The van der Waals surface area contributed by atoms with Gasteiger partial charge in [0.1, 0.15) is 0 Å². The highest BCUT2D eigenvalue weighted by Gasteiger charge is 2.09. The molecule has 19 heavy (non-hydrogen) atoms. The van der Waals surface area contributed by atoms with E-state index >= 15 is 0 Å². The smallest absolute Gasteiger partial charge is 0.162 e. The van der Waals surface area contributed by atoms with Gasteiger partial charge in [0, 0.05) is 29.7 Å². The normalized spacial score (nSPS) is 10.7. The summed E-state index contributed by atoms with van der Waals surface area (Å²) >= 11 is 7.68. The lowest BCUT2D eigenvalue weighted by molar-refractivity contribution is 0.369. The van der Waals surface area contributed by atoms with E-state index in [-0.39, 0.29) is 5.75 Å². The van der Waals surface area contributed by atoms with Crippen molar-refractivity contribution in [2.75, 3.05) is 7.11 Å². The van der Waals surface area contributed by atoms with Crippen molar-refractivity contribution in [3.8, 4) is 11.5 Å². The van der Waals surface area contributed by atoms with Crippen molar-refractivity contribution in [1.29, 1.82) is 0 Å². The van der Waals surface area contributed by atoms with E-state index < -0.39 is 0 Å². The summed E-state index contributed by atoms with van der Waals surface area (Å²) in [5.41, 5.74) is 3.29. The number of nitrogens with one attached hydrogen (secondary N) is 1. The number of hydrogen-bond donors (Lipinski definition) is 2. The molecular weight excluding hydrogens is 282 g/mol. The molecule has 2 aromatic rings. The number of phenolic OH excluding ortho intramolecular Hbond substituents is 1. The summed E-state index contributed by atoms with van der Waals surface area (Å²) in [5.74, 6) is 0.539. The van der Waals surface area contributed by atoms with Crippen molar-refractivity contribution in [2.24, 2.45) is 0 Å². The fraction of sp³-hybridized carbons (Fsp3) is 0.286. The lowest BCUT2D eigenvalue weighted by Crippen LogP contribution is -2.13. The van der Waals surface area contributed by atoms with Gasteiger partial charge in [0.15, 0.2) is 11.5 Å². The standard InChI is InChI=1S/C14H16ClNO2S/c1-9-7-19-8-11(9)6-16-5-10-3-12(15)4-13(18-2)14(10)17/h3-4,7-8,16-17H,5-6H2,1-2H3. The van der Waals surface area contributed by atoms with Gasteiger partial charge in [-0.3, -0.25) is 0 Å². The van der Waals surface area contributed by atoms with Crippen LogP contribution in [0, 0.1) is 6.92 Å². The maximum Gasteiger partial charge on any atom is 0.162 e. The first-order chi connectivity index (χ1) is 9.11. The molecule has 2 rings (SSSR count). The van der Waals surface area contributed by atoms with E-state index in [1.807, 2.05) is 0 Å². The highest BCUT2D eigenvalue weighted by molar-refractivity contribution is 7.08. The van der Waals surface area contributed by atoms with Gasteiger partial charge >= 0.3 is 0 Å². The van der Waals surface area contributed by atoms with Gasteiger partial charge in [-0.25, -0.2) is 0 Å². The van der Waals surface area contributed by atoms with E-state index in [4.69, 9.17) is 16.3 Å². The van der Waals surface area contributed by atoms with Crippen LogP contribution in [0.2, 0.25) is 5.02 Å². The Morgan fingerprint density at radius 1 is 1.26 bits per heavy atom. The topological polar surface area (TPSA) is 41.5 Å². The number of phenols is 1. The van der Waals surface area contributed by atoms with Crippen LogP contribution in [0.3, 0.4) is 0 Å². The highest BCUT2D eigenvalue weighted by atomic mass is 35.5. The molecule has 0 bridgehead atoms. The Labute approximate surface area is 121 Å². The van der Waals surface area contributed by atoms with Gasteiger partial charge in [-0.05, 0) is 34.9 Å². The van der Waals surface area contributed by atoms with Crippen LogP contribution in [-0.4, -0.2) is 12.2 Å². The van der Waals surface area contributed by atoms with Crippen molar-refractivity contribution < 1.29 is 9.84 Å². The van der Waals surface area contributed by atoms with Crippen LogP contribution < -0.4 is 10.1 Å². The number of benzene rings is 1. The van der Waals surface area contributed by atoms with Crippen molar-refractivity contribution in [3.05, 3.63) is 44.6 Å². The molecular formula is C14H16ClNO2S. The van der Waals surface area contributed by atoms with Crippen LogP contribution >= 0.6 is 22.9 Å². The Hall–Kier alpha value is -1.23. The third kappa shape index (κ3) is 3.41. The van der Waals surface area contributed by atoms with Crippen LogP contribution in [0.25, 0.3) is 0 Å². The molecule has 102 valence electrons. The van der Waals surface area contributed by atoms with Crippen LogP contribution in [-0.2, 0) is 13.1 Å². The predicted molar refractivity (Wildman–Crippen MR) is 79.3 cm³/mol. The van der Waals surface area contributed by atoms with Gasteiger partial charge in [0.05, 0.1) is 7.11 Å². The number of thiophene rings is 1. The summed E-state index contributed by atoms with van der Waals surface area (Å²) in [6, 6.07) is 3.34. The third-order valence-corrected chi connectivity index (χ3v) is 4.06. The fourth-order valence-electron chi connectivity index (χ4n) is 1.82. The van der Waals surface area contributed by atoms with E-state index in [2.05, 4.69) is 23.0 Å². The molecule has 0 aliphatic heterocycles. The number of rotatable bonds is 5. The molecule has 0 aliphatic carbocycles. The quantitative estimate of drug-likeness (QED) is 0.884. The highest BCUT2D eigenvalue weighted by Crippen LogP contribution is 2.33. The van der Waals surface area contributed by atoms with Crippen molar-refractivity contribution in [1.82, 2.24) is 5.32 Å². The average molecular weight is 298 g/mol. The largest absolute Gasteiger partial charge is 0.504 e. The Morgan fingerprint density at radius 2 is 2.00 bits per heavy atom. The van der Waals surface area contributed by atoms with E-state index in [1.165, 1.54) is 18.2 Å². The molecule has 0 fully saturated rings. The molecule has 5 heteroatoms. The van der Waals surface area contributed by atoms with Crippen LogP contribution in [0.4, 0.5) is 0 Å². The minimum absolute atomic E-state index is 0.140. The van der Waals surface area contributed by atoms with Crippen LogP contribution in [0.5, 0.6) is 11.5 Å². The predicted octanol–water partition coefficient (Wildman–Crippen LogP) is 3.71. The monoisotopic (exact) mass is 297 g/mol. The molecule has 0 radical (unpaired) electrons. The maximum absolute atomic E-state index is 10.0. The van der Waals surface area contributed by atoms with Crippen molar-refractivity contribution >= 4 is 22.9 Å². The zero-order valence-electron chi connectivity index (χ0n) is 10.9. The Bertz CT molecular complexity index is 569. The first-order valence-corrected chi connectivity index (χ1v) is 7.21. The molecule has 3 nitrogen and oxygen atoms in total. The molecule has 2 N–H and O–H groups in total. The molecule has 0 amide bonds. The second kappa shape index (κ2) is 6.28. The Balaban J connectivity index is 2.03. The van der Waals surface area contributed by atoms with Crippen molar-refractivity contribution in [3.63, 3.8) is 0 Å². The zero-order valence-corrected chi connectivity index (χ0v) is 12.4. The maximum atomic E-state index is 10.0. The summed E-state index contributed by atoms with van der Waals surface area (Å²) in [5, 5.41) is 18.1. The number of methoxy groups -OCH3 is 1. The van der Waals surface area contributed by atoms with Crippen LogP contribution in [0.1, 0.15) is 16.7 Å². The number of aryl methyl sites for hydroxylation is 1. The van der Waals surface area contributed by atoms with E-state index in [9.17, 15) is 5.11 Å². The summed E-state index contributed by atoms with van der Waals surface area (Å²) in [6.07, 6.45) is 0. The first kappa shape index (κ1) is 14.2. The molecule has 1 aromatic heterocycles. The molecule has 0 unspecified atom stereocenters. The van der Waals surface area contributed by atoms with Gasteiger partial charge in [-0.15, -0.1) is 0 Å². The third-order valence-electron chi connectivity index (χ3n) is 2.93. The lowest BCUT2D eigenvalue weighted by atomic mass is 10.1. The number of aromatic hydroxyl groups is 1. The average Bonchev–Trinajstić information content (AvgIpc) is 2.79. The minimum atomic E-state index is 0.140. The molecule has 0 saturated carbocycles. The molecule has 0 aliphatic rings. The van der Waals surface area contributed by atoms with Gasteiger partial charge in [-0.2, -0.15) is 11.3 Å². The molecule has 1 heterocycles. The second-order valence-electron chi connectivity index (χ2n) is 4.30. The van der Waals surface area contributed by atoms with E-state index in [1.54, 1.807) is 23.5 Å². The lowest BCUT2D eigenvalue weighted by Gasteiger charge is -2.11. The van der Waals surface area contributed by atoms with E-state index in [0.717, 1.165) is 12.1 Å². The molecule has 0 spiro atoms. The second-order valence-corrected chi connectivity index (χ2v) is 5.48. The summed E-state index contributed by atoms with van der Waals surface area (Å²) in [7, 11) is 1.51. The molecule has 0 atom stereocenters. The van der Waals surface area contributed by atoms with Crippen LogP contribution in [0.15, 0.2) is 22.9 Å². The van der Waals surface area contributed by atoms with E-state index in [0.29, 0.717) is 17.3 Å². The van der Waals surface area contributed by atoms with Crippen molar-refractivity contribution in [2.45, 2.75) is 20.0 Å². The fourth-order valence-corrected chi connectivity index (χ4v) is 2.91. The molecule has 0 saturated heterocycles. The van der Waals surface area contributed by atoms with Gasteiger partial charge in [-0.1, -0.05) is 11.6 Å². The summed E-state index contributed by atoms with van der Waals surface area (Å²) < 4.78 is 5.08. The van der Waals surface area contributed by atoms with Gasteiger partial charge < -0.3 is 15.2 Å². The minimum Gasteiger partial charge on any atom is -0.504 e. The van der Waals surface area contributed by atoms with Gasteiger partial charge in [0.2, 0.25) is 0 Å². The molecule has 1 aromatic carbocycles.